The average Bonchev–Trinajstić information content (AvgIpc) is 3.22. The number of imidazole rings is 1. The summed E-state index contributed by atoms with van der Waals surface area (Å²) in [5, 5.41) is 2.61. The van der Waals surface area contributed by atoms with E-state index in [4.69, 9.17) is 4.74 Å². The van der Waals surface area contributed by atoms with E-state index in [9.17, 15) is 14.0 Å². The fourth-order valence-electron chi connectivity index (χ4n) is 3.17. The number of aromatic nitrogens is 3. The maximum atomic E-state index is 14.8. The molecule has 1 N–H and O–H groups in total. The number of pyridine rings is 1. The quantitative estimate of drug-likeness (QED) is 0.746. The molecule has 3 heterocycles. The number of cyclic esters (lactones) is 1. The lowest BCUT2D eigenvalue weighted by atomic mass is 10.1. The summed E-state index contributed by atoms with van der Waals surface area (Å²) in [7, 11) is 1.84. The molecular weight excluding hydrogens is 365 g/mol. The number of hydrogen-bond acceptors (Lipinski definition) is 5. The van der Waals surface area contributed by atoms with Crippen LogP contribution in [-0.2, 0) is 16.6 Å². The van der Waals surface area contributed by atoms with E-state index in [1.165, 1.54) is 17.9 Å². The van der Waals surface area contributed by atoms with Crippen molar-refractivity contribution in [2.24, 2.45) is 7.05 Å². The second kappa shape index (κ2) is 6.91. The number of amides is 2. The minimum absolute atomic E-state index is 0.205. The standard InChI is InChI=1S/C19H18FN5O3/c1-11(26)21-8-14-9-25(19(27)28-14)13-3-4-15(16(20)6-13)12-5-17-18(22-7-12)24(2)10-23-17/h3-7,10,14H,8-9H2,1-2H3,(H,21,26)/t14-/m0/s1. The summed E-state index contributed by atoms with van der Waals surface area (Å²) in [6.07, 6.45) is 2.20. The zero-order chi connectivity index (χ0) is 19.8. The summed E-state index contributed by atoms with van der Waals surface area (Å²) in [6.45, 7) is 1.84. The van der Waals surface area contributed by atoms with E-state index in [0.717, 1.165) is 0 Å². The lowest BCUT2D eigenvalue weighted by Crippen LogP contribution is -2.33. The normalized spacial score (nSPS) is 16.5. The molecule has 1 fully saturated rings. The number of carbonyl (C=O) groups is 2. The summed E-state index contributed by atoms with van der Waals surface area (Å²) >= 11 is 0. The Morgan fingerprint density at radius 1 is 1.36 bits per heavy atom. The molecule has 144 valence electrons. The number of nitrogens with zero attached hydrogens (tertiary/aromatic N) is 4. The molecule has 1 aliphatic heterocycles. The van der Waals surface area contributed by atoms with Crippen molar-refractivity contribution in [2.75, 3.05) is 18.0 Å². The van der Waals surface area contributed by atoms with Crippen LogP contribution >= 0.6 is 0 Å². The van der Waals surface area contributed by atoms with Gasteiger partial charge in [-0.2, -0.15) is 0 Å². The molecule has 0 unspecified atom stereocenters. The number of fused-ring (bicyclic) bond motifs is 1. The van der Waals surface area contributed by atoms with Gasteiger partial charge in [0.15, 0.2) is 5.65 Å². The highest BCUT2D eigenvalue weighted by atomic mass is 19.1. The van der Waals surface area contributed by atoms with Gasteiger partial charge in [0.2, 0.25) is 5.91 Å². The molecule has 0 spiro atoms. The topological polar surface area (TPSA) is 89.4 Å². The van der Waals surface area contributed by atoms with Crippen LogP contribution in [-0.4, -0.2) is 45.7 Å². The monoisotopic (exact) mass is 383 g/mol. The Balaban J connectivity index is 1.57. The first-order chi connectivity index (χ1) is 13.4. The van der Waals surface area contributed by atoms with Gasteiger partial charge in [0, 0.05) is 31.3 Å². The molecule has 0 radical (unpaired) electrons. The second-order valence-electron chi connectivity index (χ2n) is 6.64. The van der Waals surface area contributed by atoms with E-state index in [1.54, 1.807) is 35.3 Å². The van der Waals surface area contributed by atoms with Crippen LogP contribution in [0.3, 0.4) is 0 Å². The van der Waals surface area contributed by atoms with E-state index in [1.807, 2.05) is 7.05 Å². The van der Waals surface area contributed by atoms with Crippen LogP contribution < -0.4 is 10.2 Å². The van der Waals surface area contributed by atoms with Crippen LogP contribution in [0.25, 0.3) is 22.3 Å². The zero-order valence-electron chi connectivity index (χ0n) is 15.3. The van der Waals surface area contributed by atoms with Crippen molar-refractivity contribution in [1.82, 2.24) is 19.9 Å². The number of anilines is 1. The Morgan fingerprint density at radius 2 is 2.18 bits per heavy atom. The van der Waals surface area contributed by atoms with Crippen LogP contribution in [0, 0.1) is 5.82 Å². The van der Waals surface area contributed by atoms with Crippen LogP contribution in [0.4, 0.5) is 14.9 Å². The van der Waals surface area contributed by atoms with Crippen molar-refractivity contribution in [2.45, 2.75) is 13.0 Å². The molecular formula is C19H18FN5O3. The Bertz CT molecular complexity index is 1080. The predicted octanol–water partition coefficient (Wildman–Crippen LogP) is 2.24. The van der Waals surface area contributed by atoms with Crippen molar-refractivity contribution in [3.8, 4) is 11.1 Å². The van der Waals surface area contributed by atoms with Crippen LogP contribution in [0.1, 0.15) is 6.92 Å². The van der Waals surface area contributed by atoms with Crippen LogP contribution in [0.5, 0.6) is 0 Å². The van der Waals surface area contributed by atoms with Crippen LogP contribution in [0.2, 0.25) is 0 Å². The molecule has 0 bridgehead atoms. The third kappa shape index (κ3) is 3.26. The van der Waals surface area contributed by atoms with Gasteiger partial charge in [-0.25, -0.2) is 19.2 Å². The third-order valence-corrected chi connectivity index (χ3v) is 4.58. The molecule has 28 heavy (non-hydrogen) atoms. The molecule has 9 heteroatoms. The maximum Gasteiger partial charge on any atom is 0.414 e. The average molecular weight is 383 g/mol. The van der Waals surface area contributed by atoms with E-state index < -0.39 is 18.0 Å². The SMILES string of the molecule is CC(=O)NC[C@H]1CN(c2ccc(-c3cnc4c(c3)ncn4C)c(F)c2)C(=O)O1. The van der Waals surface area contributed by atoms with Gasteiger partial charge in [0.25, 0.3) is 0 Å². The third-order valence-electron chi connectivity index (χ3n) is 4.58. The summed E-state index contributed by atoms with van der Waals surface area (Å²) in [6, 6.07) is 6.32. The van der Waals surface area contributed by atoms with Gasteiger partial charge < -0.3 is 14.6 Å². The molecule has 0 saturated carbocycles. The molecule has 1 saturated heterocycles. The fraction of sp³-hybridized carbons (Fsp3) is 0.263. The van der Waals surface area contributed by atoms with E-state index in [-0.39, 0.29) is 19.0 Å². The molecule has 0 aliphatic carbocycles. The number of hydrogen-bond donors (Lipinski definition) is 1. The zero-order valence-corrected chi connectivity index (χ0v) is 15.3. The summed E-state index contributed by atoms with van der Waals surface area (Å²) in [5.74, 6) is -0.684. The molecule has 1 aromatic carbocycles. The lowest BCUT2D eigenvalue weighted by Gasteiger charge is -2.14. The van der Waals surface area contributed by atoms with Gasteiger partial charge in [0.05, 0.1) is 25.1 Å². The van der Waals surface area contributed by atoms with Crippen LogP contribution in [0.15, 0.2) is 36.8 Å². The minimum atomic E-state index is -0.570. The number of rotatable bonds is 4. The number of benzene rings is 1. The number of nitrogens with one attached hydrogen (secondary N) is 1. The highest BCUT2D eigenvalue weighted by Crippen LogP contribution is 2.29. The van der Waals surface area contributed by atoms with Crippen molar-refractivity contribution >= 4 is 28.9 Å². The van der Waals surface area contributed by atoms with Crippen molar-refractivity contribution in [3.05, 3.63) is 42.6 Å². The second-order valence-corrected chi connectivity index (χ2v) is 6.64. The van der Waals surface area contributed by atoms with Gasteiger partial charge in [0.1, 0.15) is 17.4 Å². The first-order valence-corrected chi connectivity index (χ1v) is 8.72. The Labute approximate surface area is 159 Å². The largest absolute Gasteiger partial charge is 0.442 e. The molecule has 1 atom stereocenters. The lowest BCUT2D eigenvalue weighted by molar-refractivity contribution is -0.119. The molecule has 2 amide bonds. The molecule has 1 aliphatic rings. The molecule has 8 nitrogen and oxygen atoms in total. The first-order valence-electron chi connectivity index (χ1n) is 8.72. The number of carbonyl (C=O) groups excluding carboxylic acids is 2. The highest BCUT2D eigenvalue weighted by Gasteiger charge is 2.32. The first kappa shape index (κ1) is 17.9. The van der Waals surface area contributed by atoms with Gasteiger partial charge in [-0.15, -0.1) is 0 Å². The Morgan fingerprint density at radius 3 is 2.93 bits per heavy atom. The van der Waals surface area contributed by atoms with Gasteiger partial charge >= 0.3 is 6.09 Å². The smallest absolute Gasteiger partial charge is 0.414 e. The maximum absolute atomic E-state index is 14.8. The van der Waals surface area contributed by atoms with E-state index in [0.29, 0.717) is 28.0 Å². The predicted molar refractivity (Wildman–Crippen MR) is 100 cm³/mol. The summed E-state index contributed by atoms with van der Waals surface area (Å²) in [5.41, 5.74) is 2.75. The number of ether oxygens (including phenoxy) is 1. The highest BCUT2D eigenvalue weighted by molar-refractivity contribution is 5.90. The molecule has 4 rings (SSSR count). The van der Waals surface area contributed by atoms with Gasteiger partial charge in [-0.05, 0) is 24.3 Å². The molecule has 2 aromatic heterocycles. The Kier molecular flexibility index (Phi) is 4.42. The van der Waals surface area contributed by atoms with Crippen molar-refractivity contribution < 1.29 is 18.7 Å². The van der Waals surface area contributed by atoms with E-state index >= 15 is 0 Å². The number of halogens is 1. The van der Waals surface area contributed by atoms with Gasteiger partial charge in [-0.1, -0.05) is 0 Å². The van der Waals surface area contributed by atoms with E-state index in [2.05, 4.69) is 15.3 Å². The van der Waals surface area contributed by atoms with Gasteiger partial charge in [-0.3, -0.25) is 9.69 Å². The summed E-state index contributed by atoms with van der Waals surface area (Å²) < 4.78 is 21.8. The minimum Gasteiger partial charge on any atom is -0.442 e. The fourth-order valence-corrected chi connectivity index (χ4v) is 3.17. The molecule has 3 aromatic rings. The number of aryl methyl sites for hydroxylation is 1. The summed E-state index contributed by atoms with van der Waals surface area (Å²) in [4.78, 5) is 33.0. The van der Waals surface area contributed by atoms with Crippen molar-refractivity contribution in [3.63, 3.8) is 0 Å². The van der Waals surface area contributed by atoms with Crippen molar-refractivity contribution in [1.29, 1.82) is 0 Å². The Hall–Kier alpha value is -3.49.